The lowest BCUT2D eigenvalue weighted by Crippen LogP contribution is -2.39. The van der Waals surface area contributed by atoms with Crippen molar-refractivity contribution in [2.24, 2.45) is 22.6 Å². The molecule has 0 bridgehead atoms. The molecule has 4 N–H and O–H groups in total. The summed E-state index contributed by atoms with van der Waals surface area (Å²) in [4.78, 5) is 26.6. The average molecular weight is 385 g/mol. The van der Waals surface area contributed by atoms with Gasteiger partial charge in [-0.2, -0.15) is 0 Å². The molecule has 0 spiro atoms. The lowest BCUT2D eigenvalue weighted by atomic mass is 9.81. The number of carbonyl (C=O) groups excluding carboxylic acids is 1. The predicted octanol–water partition coefficient (Wildman–Crippen LogP) is 3.35. The number of aromatic amines is 1. The molecule has 0 aromatic carbocycles. The van der Waals surface area contributed by atoms with E-state index in [2.05, 4.69) is 32.1 Å². The summed E-state index contributed by atoms with van der Waals surface area (Å²) in [6.45, 7) is 3.85. The van der Waals surface area contributed by atoms with E-state index >= 15 is 0 Å². The second-order valence-corrected chi connectivity index (χ2v) is 7.78. The molecule has 0 aliphatic heterocycles. The summed E-state index contributed by atoms with van der Waals surface area (Å²) in [5.74, 6) is 1.37. The maximum Gasteiger partial charge on any atom is 0.227 e. The molecular formula is C21H32N6O. The molecule has 0 radical (unpaired) electrons. The van der Waals surface area contributed by atoms with Gasteiger partial charge in [0.05, 0.1) is 5.69 Å². The number of rotatable bonds is 7. The first-order valence-corrected chi connectivity index (χ1v) is 10.3. The number of aliphatic imine (C=N–C) groups is 1. The number of guanidine groups is 1. The summed E-state index contributed by atoms with van der Waals surface area (Å²) in [5.41, 5.74) is 7.70. The molecule has 2 heterocycles. The molecule has 2 aromatic heterocycles. The van der Waals surface area contributed by atoms with Gasteiger partial charge in [-0.15, -0.1) is 0 Å². The SMILES string of the molecule is CCCC/N=C(\N)N(C)C[C@H]1CC[C@H](C(=O)Nc2ccnc3[nH]ccc23)CC1. The quantitative estimate of drug-likeness (QED) is 0.387. The third-order valence-corrected chi connectivity index (χ3v) is 5.64. The van der Waals surface area contributed by atoms with Crippen LogP contribution in [-0.2, 0) is 4.79 Å². The Morgan fingerprint density at radius 3 is 2.89 bits per heavy atom. The fourth-order valence-electron chi connectivity index (χ4n) is 3.87. The van der Waals surface area contributed by atoms with Crippen LogP contribution in [0.25, 0.3) is 11.0 Å². The van der Waals surface area contributed by atoms with Crippen LogP contribution >= 0.6 is 0 Å². The molecule has 0 unspecified atom stereocenters. The van der Waals surface area contributed by atoms with Crippen LogP contribution in [0.3, 0.4) is 0 Å². The number of aromatic nitrogens is 2. The number of nitrogens with one attached hydrogen (secondary N) is 2. The van der Waals surface area contributed by atoms with E-state index in [4.69, 9.17) is 5.73 Å². The molecule has 0 saturated heterocycles. The lowest BCUT2D eigenvalue weighted by molar-refractivity contribution is -0.121. The second-order valence-electron chi connectivity index (χ2n) is 7.78. The van der Waals surface area contributed by atoms with Gasteiger partial charge in [-0.05, 0) is 50.2 Å². The molecule has 28 heavy (non-hydrogen) atoms. The molecule has 0 atom stereocenters. The number of nitrogens with zero attached hydrogens (tertiary/aromatic N) is 3. The maximum absolute atomic E-state index is 12.7. The predicted molar refractivity (Wildman–Crippen MR) is 114 cm³/mol. The van der Waals surface area contributed by atoms with Crippen molar-refractivity contribution in [1.82, 2.24) is 14.9 Å². The Morgan fingerprint density at radius 1 is 1.36 bits per heavy atom. The summed E-state index contributed by atoms with van der Waals surface area (Å²) in [5, 5.41) is 4.04. The highest BCUT2D eigenvalue weighted by Gasteiger charge is 2.27. The molecule has 1 aliphatic carbocycles. The Balaban J connectivity index is 1.47. The van der Waals surface area contributed by atoms with Gasteiger partial charge in [0, 0.05) is 43.8 Å². The number of fused-ring (bicyclic) bond motifs is 1. The molecule has 152 valence electrons. The third kappa shape index (κ3) is 5.03. The molecule has 1 aliphatic rings. The number of pyridine rings is 1. The van der Waals surface area contributed by atoms with E-state index in [9.17, 15) is 4.79 Å². The van der Waals surface area contributed by atoms with Gasteiger partial charge in [-0.1, -0.05) is 13.3 Å². The summed E-state index contributed by atoms with van der Waals surface area (Å²) >= 11 is 0. The van der Waals surface area contributed by atoms with Gasteiger partial charge in [-0.25, -0.2) is 4.98 Å². The van der Waals surface area contributed by atoms with E-state index in [-0.39, 0.29) is 11.8 Å². The zero-order valence-electron chi connectivity index (χ0n) is 16.9. The highest BCUT2D eigenvalue weighted by Crippen LogP contribution is 2.31. The van der Waals surface area contributed by atoms with Crippen LogP contribution in [0.2, 0.25) is 0 Å². The normalized spacial score (nSPS) is 20.3. The molecule has 1 amide bonds. The van der Waals surface area contributed by atoms with Crippen LogP contribution in [0.4, 0.5) is 5.69 Å². The monoisotopic (exact) mass is 384 g/mol. The Morgan fingerprint density at radius 2 is 2.14 bits per heavy atom. The van der Waals surface area contributed by atoms with Gasteiger partial charge in [0.25, 0.3) is 0 Å². The Kier molecular flexibility index (Phi) is 6.90. The first-order chi connectivity index (χ1) is 13.6. The van der Waals surface area contributed by atoms with Gasteiger partial charge >= 0.3 is 0 Å². The second kappa shape index (κ2) is 9.57. The van der Waals surface area contributed by atoms with Crippen LogP contribution in [0.5, 0.6) is 0 Å². The number of nitrogens with two attached hydrogens (primary N) is 1. The number of unbranched alkanes of at least 4 members (excludes halogenated alkanes) is 1. The fourth-order valence-corrected chi connectivity index (χ4v) is 3.87. The molecule has 1 fully saturated rings. The average Bonchev–Trinajstić information content (AvgIpc) is 3.18. The standard InChI is InChI=1S/C21H32N6O/c1-3-4-11-25-21(22)27(2)14-15-5-7-16(8-6-15)20(28)26-18-10-13-24-19-17(18)9-12-23-19/h9-10,12-13,15-16H,3-8,11,14H2,1-2H3,(H2,22,25)(H2,23,24,26,28)/t15-,16-. The van der Waals surface area contributed by atoms with Crippen molar-refractivity contribution in [2.45, 2.75) is 45.4 Å². The molecule has 1 saturated carbocycles. The zero-order valence-corrected chi connectivity index (χ0v) is 16.9. The van der Waals surface area contributed by atoms with Gasteiger partial charge in [0.1, 0.15) is 5.65 Å². The first-order valence-electron chi connectivity index (χ1n) is 10.3. The van der Waals surface area contributed by atoms with Crippen LogP contribution in [0, 0.1) is 11.8 Å². The number of amides is 1. The van der Waals surface area contributed by atoms with Gasteiger partial charge in [-0.3, -0.25) is 9.79 Å². The largest absolute Gasteiger partial charge is 0.370 e. The van der Waals surface area contributed by atoms with E-state index in [0.29, 0.717) is 11.9 Å². The summed E-state index contributed by atoms with van der Waals surface area (Å²) in [7, 11) is 2.01. The van der Waals surface area contributed by atoms with Gasteiger partial charge in [0.15, 0.2) is 5.96 Å². The number of carbonyl (C=O) groups is 1. The zero-order chi connectivity index (χ0) is 19.9. The van der Waals surface area contributed by atoms with Crippen molar-refractivity contribution in [1.29, 1.82) is 0 Å². The Labute approximate surface area is 166 Å². The summed E-state index contributed by atoms with van der Waals surface area (Å²) < 4.78 is 0. The molecular weight excluding hydrogens is 352 g/mol. The number of hydrogen-bond acceptors (Lipinski definition) is 3. The van der Waals surface area contributed by atoms with E-state index in [1.165, 1.54) is 0 Å². The first kappa shape index (κ1) is 20.2. The molecule has 2 aromatic rings. The lowest BCUT2D eigenvalue weighted by Gasteiger charge is -2.31. The van der Waals surface area contributed by atoms with E-state index in [0.717, 1.165) is 68.3 Å². The van der Waals surface area contributed by atoms with Crippen LogP contribution < -0.4 is 11.1 Å². The third-order valence-electron chi connectivity index (χ3n) is 5.64. The minimum absolute atomic E-state index is 0.0688. The molecule has 7 nitrogen and oxygen atoms in total. The van der Waals surface area contributed by atoms with Crippen LogP contribution in [0.15, 0.2) is 29.5 Å². The Bertz CT molecular complexity index is 806. The highest BCUT2D eigenvalue weighted by atomic mass is 16.1. The van der Waals surface area contributed by atoms with Crippen molar-refractivity contribution in [3.05, 3.63) is 24.5 Å². The van der Waals surface area contributed by atoms with Gasteiger partial charge in [0.2, 0.25) is 5.91 Å². The topological polar surface area (TPSA) is 99.4 Å². The van der Waals surface area contributed by atoms with E-state index in [1.807, 2.05) is 25.4 Å². The van der Waals surface area contributed by atoms with Crippen molar-refractivity contribution in [2.75, 3.05) is 25.5 Å². The van der Waals surface area contributed by atoms with Crippen LogP contribution in [0.1, 0.15) is 45.4 Å². The summed E-state index contributed by atoms with van der Waals surface area (Å²) in [6, 6.07) is 3.80. The van der Waals surface area contributed by atoms with E-state index in [1.54, 1.807) is 6.20 Å². The minimum atomic E-state index is 0.0688. The highest BCUT2D eigenvalue weighted by molar-refractivity contribution is 6.00. The van der Waals surface area contributed by atoms with E-state index < -0.39 is 0 Å². The van der Waals surface area contributed by atoms with Crippen LogP contribution in [-0.4, -0.2) is 46.9 Å². The summed E-state index contributed by atoms with van der Waals surface area (Å²) in [6.07, 6.45) is 9.67. The van der Waals surface area contributed by atoms with Crippen molar-refractivity contribution in [3.8, 4) is 0 Å². The molecule has 3 rings (SSSR count). The minimum Gasteiger partial charge on any atom is -0.370 e. The number of H-pyrrole nitrogens is 1. The van der Waals surface area contributed by atoms with Crippen molar-refractivity contribution in [3.63, 3.8) is 0 Å². The van der Waals surface area contributed by atoms with Crippen molar-refractivity contribution >= 4 is 28.6 Å². The fraction of sp³-hybridized carbons (Fsp3) is 0.571. The number of anilines is 1. The smallest absolute Gasteiger partial charge is 0.227 e. The molecule has 7 heteroatoms. The maximum atomic E-state index is 12.7. The van der Waals surface area contributed by atoms with Crippen molar-refractivity contribution < 1.29 is 4.79 Å². The number of hydrogen-bond donors (Lipinski definition) is 3. The van der Waals surface area contributed by atoms with Gasteiger partial charge < -0.3 is 20.9 Å². The Hall–Kier alpha value is -2.57.